The molecule has 6 heteroatoms. The number of aromatic amines is 1. The number of nitrogens with zero attached hydrogens (tertiary/aromatic N) is 2. The molecular formula is C17H21N3O3. The molecule has 0 aliphatic carbocycles. The summed E-state index contributed by atoms with van der Waals surface area (Å²) in [6.45, 7) is 6.78. The van der Waals surface area contributed by atoms with Crippen LogP contribution in [0.25, 0.3) is 0 Å². The standard InChI is InChI=1S/C17H21N3O3/c1-10-8-14(11(2)23-10)17(22)20-6-4-13(5-7-20)15-9-16(21)19-12(3)18-15/h8-9,13H,4-7H2,1-3H3,(H,18,19,21). The van der Waals surface area contributed by atoms with Crippen molar-refractivity contribution in [2.24, 2.45) is 0 Å². The molecule has 1 aliphatic rings. The lowest BCUT2D eigenvalue weighted by Gasteiger charge is -2.31. The highest BCUT2D eigenvalue weighted by Crippen LogP contribution is 2.27. The summed E-state index contributed by atoms with van der Waals surface area (Å²) >= 11 is 0. The molecule has 0 saturated carbocycles. The summed E-state index contributed by atoms with van der Waals surface area (Å²) in [7, 11) is 0. The predicted octanol–water partition coefficient (Wildman–Crippen LogP) is 2.31. The molecule has 0 radical (unpaired) electrons. The van der Waals surface area contributed by atoms with Gasteiger partial charge in [-0.1, -0.05) is 0 Å². The molecular weight excluding hydrogens is 294 g/mol. The lowest BCUT2D eigenvalue weighted by molar-refractivity contribution is 0.0710. The molecule has 1 amide bonds. The van der Waals surface area contributed by atoms with Crippen LogP contribution in [0.15, 0.2) is 21.3 Å². The smallest absolute Gasteiger partial charge is 0.257 e. The molecule has 1 N–H and O–H groups in total. The van der Waals surface area contributed by atoms with Gasteiger partial charge in [-0.25, -0.2) is 4.98 Å². The molecule has 23 heavy (non-hydrogen) atoms. The average molecular weight is 315 g/mol. The van der Waals surface area contributed by atoms with E-state index in [9.17, 15) is 9.59 Å². The number of carbonyl (C=O) groups excluding carboxylic acids is 1. The molecule has 1 saturated heterocycles. The van der Waals surface area contributed by atoms with Crippen LogP contribution in [0.1, 0.15) is 52.2 Å². The molecule has 122 valence electrons. The summed E-state index contributed by atoms with van der Waals surface area (Å²) in [6.07, 6.45) is 1.63. The van der Waals surface area contributed by atoms with Gasteiger partial charge in [0, 0.05) is 25.1 Å². The van der Waals surface area contributed by atoms with E-state index in [1.807, 2.05) is 18.7 Å². The first-order valence-corrected chi connectivity index (χ1v) is 7.88. The Hall–Kier alpha value is -2.37. The van der Waals surface area contributed by atoms with Crippen molar-refractivity contribution < 1.29 is 9.21 Å². The van der Waals surface area contributed by atoms with Crippen molar-refractivity contribution in [3.8, 4) is 0 Å². The lowest BCUT2D eigenvalue weighted by Crippen LogP contribution is -2.38. The van der Waals surface area contributed by atoms with Crippen molar-refractivity contribution in [3.63, 3.8) is 0 Å². The van der Waals surface area contributed by atoms with Crippen molar-refractivity contribution in [1.82, 2.24) is 14.9 Å². The zero-order chi connectivity index (χ0) is 16.6. The summed E-state index contributed by atoms with van der Waals surface area (Å²) in [5, 5.41) is 0. The minimum Gasteiger partial charge on any atom is -0.466 e. The van der Waals surface area contributed by atoms with E-state index in [0.717, 1.165) is 24.3 Å². The first-order valence-electron chi connectivity index (χ1n) is 7.88. The molecule has 2 aromatic rings. The van der Waals surface area contributed by atoms with Gasteiger partial charge in [0.15, 0.2) is 0 Å². The largest absolute Gasteiger partial charge is 0.466 e. The predicted molar refractivity (Wildman–Crippen MR) is 85.7 cm³/mol. The van der Waals surface area contributed by atoms with Crippen LogP contribution >= 0.6 is 0 Å². The van der Waals surface area contributed by atoms with E-state index >= 15 is 0 Å². The highest BCUT2D eigenvalue weighted by molar-refractivity contribution is 5.95. The number of amides is 1. The summed E-state index contributed by atoms with van der Waals surface area (Å²) in [4.78, 5) is 33.1. The Morgan fingerprint density at radius 2 is 1.96 bits per heavy atom. The van der Waals surface area contributed by atoms with Crippen LogP contribution < -0.4 is 5.56 Å². The van der Waals surface area contributed by atoms with E-state index in [4.69, 9.17) is 4.42 Å². The van der Waals surface area contributed by atoms with E-state index in [2.05, 4.69) is 9.97 Å². The van der Waals surface area contributed by atoms with Crippen molar-refractivity contribution >= 4 is 5.91 Å². The Balaban J connectivity index is 1.69. The number of carbonyl (C=O) groups is 1. The van der Waals surface area contributed by atoms with Crippen molar-refractivity contribution in [2.45, 2.75) is 39.5 Å². The summed E-state index contributed by atoms with van der Waals surface area (Å²) in [5.41, 5.74) is 1.36. The van der Waals surface area contributed by atoms with Gasteiger partial charge in [-0.05, 0) is 39.7 Å². The first-order chi connectivity index (χ1) is 10.9. The van der Waals surface area contributed by atoms with Gasteiger partial charge < -0.3 is 14.3 Å². The van der Waals surface area contributed by atoms with Crippen LogP contribution in [0, 0.1) is 20.8 Å². The maximum absolute atomic E-state index is 12.6. The maximum Gasteiger partial charge on any atom is 0.257 e. The Bertz CT molecular complexity index is 783. The Kier molecular flexibility index (Phi) is 4.07. The van der Waals surface area contributed by atoms with Crippen LogP contribution in [0.2, 0.25) is 0 Å². The van der Waals surface area contributed by atoms with Gasteiger partial charge in [0.05, 0.1) is 11.3 Å². The second-order valence-corrected chi connectivity index (χ2v) is 6.15. The lowest BCUT2D eigenvalue weighted by atomic mass is 9.93. The number of H-pyrrole nitrogens is 1. The molecule has 1 aliphatic heterocycles. The fourth-order valence-corrected chi connectivity index (χ4v) is 3.20. The number of piperidine rings is 1. The van der Waals surface area contributed by atoms with Gasteiger partial charge in [-0.2, -0.15) is 0 Å². The number of rotatable bonds is 2. The molecule has 6 nitrogen and oxygen atoms in total. The Morgan fingerprint density at radius 1 is 1.26 bits per heavy atom. The Morgan fingerprint density at radius 3 is 2.52 bits per heavy atom. The second kappa shape index (κ2) is 6.02. The molecule has 1 fully saturated rings. The number of likely N-dealkylation sites (tertiary alicyclic amines) is 1. The molecule has 3 rings (SSSR count). The van der Waals surface area contributed by atoms with Gasteiger partial charge in [0.2, 0.25) is 0 Å². The third-order valence-electron chi connectivity index (χ3n) is 4.35. The van der Waals surface area contributed by atoms with Crippen LogP contribution in [0.4, 0.5) is 0 Å². The number of hydrogen-bond donors (Lipinski definition) is 1. The topological polar surface area (TPSA) is 79.2 Å². The van der Waals surface area contributed by atoms with Crippen LogP contribution in [-0.2, 0) is 0 Å². The Labute approximate surface area is 134 Å². The van der Waals surface area contributed by atoms with Gasteiger partial charge in [-0.3, -0.25) is 9.59 Å². The summed E-state index contributed by atoms with van der Waals surface area (Å²) < 4.78 is 5.45. The van der Waals surface area contributed by atoms with E-state index in [-0.39, 0.29) is 17.4 Å². The van der Waals surface area contributed by atoms with Crippen molar-refractivity contribution in [1.29, 1.82) is 0 Å². The molecule has 0 spiro atoms. The first kappa shape index (κ1) is 15.5. The minimum absolute atomic E-state index is 0.0212. The quantitative estimate of drug-likeness (QED) is 0.922. The van der Waals surface area contributed by atoms with E-state index < -0.39 is 0 Å². The third-order valence-corrected chi connectivity index (χ3v) is 4.35. The monoisotopic (exact) mass is 315 g/mol. The fourth-order valence-electron chi connectivity index (χ4n) is 3.20. The normalized spacial score (nSPS) is 15.9. The van der Waals surface area contributed by atoms with Crippen molar-refractivity contribution in [2.75, 3.05) is 13.1 Å². The summed E-state index contributed by atoms with van der Waals surface area (Å²) in [6, 6.07) is 3.37. The van der Waals surface area contributed by atoms with Crippen LogP contribution in [0.5, 0.6) is 0 Å². The molecule has 0 unspecified atom stereocenters. The SMILES string of the molecule is Cc1nc(C2CCN(C(=O)c3cc(C)oc3C)CC2)cc(=O)[nH]1. The molecule has 0 atom stereocenters. The molecule has 0 aromatic carbocycles. The zero-order valence-corrected chi connectivity index (χ0v) is 13.7. The fraction of sp³-hybridized carbons (Fsp3) is 0.471. The van der Waals surface area contributed by atoms with E-state index in [1.165, 1.54) is 0 Å². The van der Waals surface area contributed by atoms with Gasteiger partial charge in [0.25, 0.3) is 11.5 Å². The highest BCUT2D eigenvalue weighted by Gasteiger charge is 2.27. The van der Waals surface area contributed by atoms with Crippen LogP contribution in [0.3, 0.4) is 0 Å². The minimum atomic E-state index is -0.115. The number of aryl methyl sites for hydroxylation is 3. The highest BCUT2D eigenvalue weighted by atomic mass is 16.3. The zero-order valence-electron chi connectivity index (χ0n) is 13.7. The van der Waals surface area contributed by atoms with Crippen molar-refractivity contribution in [3.05, 3.63) is 51.1 Å². The summed E-state index contributed by atoms with van der Waals surface area (Å²) in [5.74, 6) is 2.31. The number of hydrogen-bond acceptors (Lipinski definition) is 4. The third kappa shape index (κ3) is 3.21. The van der Waals surface area contributed by atoms with Gasteiger partial charge in [0.1, 0.15) is 17.3 Å². The van der Waals surface area contributed by atoms with Crippen LogP contribution in [-0.4, -0.2) is 33.9 Å². The molecule has 2 aromatic heterocycles. The average Bonchev–Trinajstić information content (AvgIpc) is 2.84. The second-order valence-electron chi connectivity index (χ2n) is 6.15. The number of aromatic nitrogens is 2. The van der Waals surface area contributed by atoms with E-state index in [0.29, 0.717) is 30.2 Å². The van der Waals surface area contributed by atoms with Gasteiger partial charge >= 0.3 is 0 Å². The van der Waals surface area contributed by atoms with E-state index in [1.54, 1.807) is 19.1 Å². The maximum atomic E-state index is 12.6. The van der Waals surface area contributed by atoms with Gasteiger partial charge in [-0.15, -0.1) is 0 Å². The molecule has 3 heterocycles. The molecule has 0 bridgehead atoms. The number of furan rings is 1. The number of nitrogens with one attached hydrogen (secondary N) is 1.